The van der Waals surface area contributed by atoms with Gasteiger partial charge in [0.2, 0.25) is 5.91 Å². The number of carbonyl (C=O) groups excluding carboxylic acids is 3. The molecule has 2 fully saturated rings. The Bertz CT molecular complexity index is 1560. The zero-order valence-electron chi connectivity index (χ0n) is 28.5. The van der Waals surface area contributed by atoms with Gasteiger partial charge in [-0.3, -0.25) is 19.3 Å². The van der Waals surface area contributed by atoms with Crippen molar-refractivity contribution >= 4 is 17.6 Å². The van der Waals surface area contributed by atoms with Crippen LogP contribution in [0.1, 0.15) is 81.2 Å². The number of hydrogen-bond acceptors (Lipinski definition) is 7. The summed E-state index contributed by atoms with van der Waals surface area (Å²) in [6.07, 6.45) is 7.57. The van der Waals surface area contributed by atoms with E-state index in [1.807, 2.05) is 30.3 Å². The monoisotopic (exact) mass is 654 g/mol. The SMILES string of the molecule is CCc1ccc2c(c1)C(NC[C@@H](O)[C@H](Cc1ccccc1)NC(=O)C1=CC(N3CCCC3)C(=O)C(N3CCCC3=O)=C1)CC(C)(C)OC2. The number of benzene rings is 2. The number of carbonyl (C=O) groups is 3. The number of aliphatic hydroxyl groups is 1. The van der Waals surface area contributed by atoms with Crippen LogP contribution in [0.2, 0.25) is 0 Å². The molecule has 1 aliphatic carbocycles. The van der Waals surface area contributed by atoms with E-state index >= 15 is 0 Å². The minimum atomic E-state index is -0.914. The summed E-state index contributed by atoms with van der Waals surface area (Å²) in [7, 11) is 0. The van der Waals surface area contributed by atoms with E-state index in [9.17, 15) is 19.5 Å². The highest BCUT2D eigenvalue weighted by atomic mass is 16.5. The Kier molecular flexibility index (Phi) is 10.6. The van der Waals surface area contributed by atoms with Gasteiger partial charge in [-0.25, -0.2) is 0 Å². The number of aliphatic hydroxyl groups excluding tert-OH is 1. The Hall–Kier alpha value is -3.63. The van der Waals surface area contributed by atoms with Gasteiger partial charge in [-0.2, -0.15) is 0 Å². The molecule has 2 unspecified atom stereocenters. The molecule has 3 aliphatic heterocycles. The smallest absolute Gasteiger partial charge is 0.251 e. The van der Waals surface area contributed by atoms with Crippen LogP contribution in [0.3, 0.4) is 0 Å². The maximum Gasteiger partial charge on any atom is 0.251 e. The summed E-state index contributed by atoms with van der Waals surface area (Å²) in [6, 6.07) is 15.1. The number of hydrogen-bond donors (Lipinski definition) is 3. The molecule has 4 atom stereocenters. The Balaban J connectivity index is 1.24. The number of fused-ring (bicyclic) bond motifs is 1. The highest BCUT2D eigenvalue weighted by Crippen LogP contribution is 2.35. The van der Waals surface area contributed by atoms with Gasteiger partial charge in [-0.15, -0.1) is 0 Å². The number of ether oxygens (including phenoxy) is 1. The number of rotatable bonds is 11. The van der Waals surface area contributed by atoms with Crippen LogP contribution in [-0.2, 0) is 38.6 Å². The molecule has 6 rings (SSSR count). The molecule has 0 spiro atoms. The van der Waals surface area contributed by atoms with Gasteiger partial charge in [0.25, 0.3) is 5.91 Å². The van der Waals surface area contributed by atoms with Crippen molar-refractivity contribution in [3.8, 4) is 0 Å². The Morgan fingerprint density at radius 1 is 1.04 bits per heavy atom. The molecule has 256 valence electrons. The number of Topliss-reactive ketones (excluding diaryl/α,β-unsaturated/α-hetero) is 1. The molecule has 2 saturated heterocycles. The summed E-state index contributed by atoms with van der Waals surface area (Å²) < 4.78 is 6.26. The van der Waals surface area contributed by atoms with Gasteiger partial charge >= 0.3 is 0 Å². The summed E-state index contributed by atoms with van der Waals surface area (Å²) in [6.45, 7) is 9.15. The lowest BCUT2D eigenvalue weighted by atomic mass is 9.90. The summed E-state index contributed by atoms with van der Waals surface area (Å²) >= 11 is 0. The van der Waals surface area contributed by atoms with Crippen LogP contribution >= 0.6 is 0 Å². The van der Waals surface area contributed by atoms with Gasteiger partial charge in [0.1, 0.15) is 0 Å². The van der Waals surface area contributed by atoms with Crippen molar-refractivity contribution < 1.29 is 24.2 Å². The fourth-order valence-electron chi connectivity index (χ4n) is 7.45. The maximum absolute atomic E-state index is 14.1. The van der Waals surface area contributed by atoms with Gasteiger partial charge < -0.3 is 25.4 Å². The lowest BCUT2D eigenvalue weighted by Gasteiger charge is -2.32. The van der Waals surface area contributed by atoms with Gasteiger partial charge in [-0.1, -0.05) is 55.5 Å². The highest BCUT2D eigenvalue weighted by molar-refractivity contribution is 6.09. The van der Waals surface area contributed by atoms with Crippen molar-refractivity contribution in [2.24, 2.45) is 0 Å². The van der Waals surface area contributed by atoms with Crippen molar-refractivity contribution in [3.05, 3.63) is 94.2 Å². The lowest BCUT2D eigenvalue weighted by Crippen LogP contribution is -2.50. The number of ketones is 1. The number of likely N-dealkylation sites (tertiary alicyclic amines) is 2. The minimum Gasteiger partial charge on any atom is -0.390 e. The van der Waals surface area contributed by atoms with Gasteiger partial charge in [0.15, 0.2) is 5.78 Å². The molecule has 3 heterocycles. The lowest BCUT2D eigenvalue weighted by molar-refractivity contribution is -0.130. The van der Waals surface area contributed by atoms with E-state index in [-0.39, 0.29) is 35.8 Å². The fraction of sp³-hybridized carbons (Fsp3) is 0.513. The zero-order chi connectivity index (χ0) is 33.8. The quantitative estimate of drug-likeness (QED) is 0.334. The first-order valence-corrected chi connectivity index (χ1v) is 17.7. The molecular weight excluding hydrogens is 604 g/mol. The molecule has 48 heavy (non-hydrogen) atoms. The third kappa shape index (κ3) is 7.81. The Morgan fingerprint density at radius 3 is 2.52 bits per heavy atom. The van der Waals surface area contributed by atoms with Crippen LogP contribution in [0.25, 0.3) is 0 Å². The first-order chi connectivity index (χ1) is 23.1. The molecule has 9 heteroatoms. The number of nitrogens with zero attached hydrogens (tertiary/aromatic N) is 2. The van der Waals surface area contributed by atoms with Crippen LogP contribution in [0.4, 0.5) is 0 Å². The number of aryl methyl sites for hydroxylation is 1. The second-order valence-corrected chi connectivity index (χ2v) is 14.3. The first kappa shape index (κ1) is 34.2. The molecule has 0 aromatic heterocycles. The third-order valence-electron chi connectivity index (χ3n) is 10.3. The topological polar surface area (TPSA) is 111 Å². The van der Waals surface area contributed by atoms with E-state index in [0.717, 1.165) is 49.9 Å². The van der Waals surface area contributed by atoms with Gasteiger partial charge in [-0.05, 0) is 99.9 Å². The van der Waals surface area contributed by atoms with Crippen LogP contribution in [0.5, 0.6) is 0 Å². The Labute approximate surface area is 284 Å². The van der Waals surface area contributed by atoms with E-state index < -0.39 is 18.2 Å². The summed E-state index contributed by atoms with van der Waals surface area (Å²) in [5.74, 6) is -0.576. The second kappa shape index (κ2) is 14.9. The predicted molar refractivity (Wildman–Crippen MR) is 185 cm³/mol. The van der Waals surface area contributed by atoms with Crippen LogP contribution < -0.4 is 10.6 Å². The van der Waals surface area contributed by atoms with Crippen molar-refractivity contribution in [3.63, 3.8) is 0 Å². The number of amides is 2. The normalized spacial score (nSPS) is 24.0. The van der Waals surface area contributed by atoms with Crippen LogP contribution in [0, 0.1) is 0 Å². The van der Waals surface area contributed by atoms with Crippen LogP contribution in [-0.4, -0.2) is 82.5 Å². The largest absolute Gasteiger partial charge is 0.390 e. The van der Waals surface area contributed by atoms with Crippen molar-refractivity contribution in [1.82, 2.24) is 20.4 Å². The molecule has 3 N–H and O–H groups in total. The standard InChI is InChI=1S/C39H50N4O5/c1-4-26-14-15-28-25-48-39(2,3)23-32(30(28)19-26)40-24-35(44)31(20-27-11-6-5-7-12-27)41-38(47)29-21-33(42-16-8-9-17-42)37(46)34(22-29)43-18-10-13-36(43)45/h5-7,11-12,14-15,19,21-22,31-33,35,40,44H,4,8-10,13,16-18,20,23-25H2,1-3H3,(H,41,47)/t31-,32?,33?,35+/m0/s1. The van der Waals surface area contributed by atoms with Crippen LogP contribution in [0.15, 0.2) is 72.0 Å². The average molecular weight is 655 g/mol. The maximum atomic E-state index is 14.1. The minimum absolute atomic E-state index is 0.0384. The molecule has 2 aromatic rings. The highest BCUT2D eigenvalue weighted by Gasteiger charge is 2.38. The molecule has 2 amide bonds. The van der Waals surface area contributed by atoms with E-state index in [1.165, 1.54) is 11.1 Å². The molecule has 0 saturated carbocycles. The second-order valence-electron chi connectivity index (χ2n) is 14.3. The summed E-state index contributed by atoms with van der Waals surface area (Å²) in [4.78, 5) is 44.1. The van der Waals surface area contributed by atoms with E-state index in [1.54, 1.807) is 17.1 Å². The van der Waals surface area contributed by atoms with Gasteiger partial charge in [0, 0.05) is 31.1 Å². The molecule has 9 nitrogen and oxygen atoms in total. The molecule has 0 bridgehead atoms. The molecular formula is C39H50N4O5. The molecule has 2 aromatic carbocycles. The van der Waals surface area contributed by atoms with Crippen molar-refractivity contribution in [1.29, 1.82) is 0 Å². The summed E-state index contributed by atoms with van der Waals surface area (Å²) in [5, 5.41) is 18.5. The Morgan fingerprint density at radius 2 is 1.81 bits per heavy atom. The van der Waals surface area contributed by atoms with E-state index in [0.29, 0.717) is 43.7 Å². The van der Waals surface area contributed by atoms with Crippen molar-refractivity contribution in [2.45, 2.75) is 102 Å². The van der Waals surface area contributed by atoms with E-state index in [2.05, 4.69) is 54.5 Å². The zero-order valence-corrected chi connectivity index (χ0v) is 28.5. The van der Waals surface area contributed by atoms with E-state index in [4.69, 9.17) is 4.74 Å². The molecule has 0 radical (unpaired) electrons. The fourth-order valence-corrected chi connectivity index (χ4v) is 7.45. The third-order valence-corrected chi connectivity index (χ3v) is 10.3. The van der Waals surface area contributed by atoms with Crippen molar-refractivity contribution in [2.75, 3.05) is 26.2 Å². The predicted octanol–water partition coefficient (Wildman–Crippen LogP) is 4.15. The molecule has 4 aliphatic rings. The number of nitrogens with one attached hydrogen (secondary N) is 2. The average Bonchev–Trinajstić information content (AvgIpc) is 3.75. The van der Waals surface area contributed by atoms with Gasteiger partial charge in [0.05, 0.1) is 36.1 Å². The first-order valence-electron chi connectivity index (χ1n) is 17.7. The summed E-state index contributed by atoms with van der Waals surface area (Å²) in [5.41, 5.74) is 4.87.